The van der Waals surface area contributed by atoms with Crippen LogP contribution < -0.4 is 5.32 Å². The summed E-state index contributed by atoms with van der Waals surface area (Å²) in [6.45, 7) is 0.882. The normalized spacial score (nSPS) is 17.1. The molecule has 1 aliphatic heterocycles. The Morgan fingerprint density at radius 2 is 1.81 bits per heavy atom. The fourth-order valence-electron chi connectivity index (χ4n) is 3.50. The third-order valence-electron chi connectivity index (χ3n) is 5.04. The van der Waals surface area contributed by atoms with Gasteiger partial charge in [0.2, 0.25) is 5.91 Å². The summed E-state index contributed by atoms with van der Waals surface area (Å²) >= 11 is 6.14. The van der Waals surface area contributed by atoms with Gasteiger partial charge in [-0.25, -0.2) is 4.79 Å². The third kappa shape index (κ3) is 4.49. The van der Waals surface area contributed by atoms with Gasteiger partial charge in [0, 0.05) is 24.7 Å². The van der Waals surface area contributed by atoms with E-state index < -0.39 is 17.4 Å². The van der Waals surface area contributed by atoms with E-state index in [0.717, 1.165) is 11.1 Å². The van der Waals surface area contributed by atoms with Crippen molar-refractivity contribution in [3.63, 3.8) is 0 Å². The van der Waals surface area contributed by atoms with Crippen molar-refractivity contribution in [2.45, 2.75) is 30.7 Å². The number of ether oxygens (including phenoxy) is 1. The van der Waals surface area contributed by atoms with E-state index in [-0.39, 0.29) is 12.3 Å². The highest BCUT2D eigenvalue weighted by molar-refractivity contribution is 6.30. The summed E-state index contributed by atoms with van der Waals surface area (Å²) in [5.74, 6) is -1.35. The van der Waals surface area contributed by atoms with E-state index in [9.17, 15) is 14.7 Å². The van der Waals surface area contributed by atoms with Crippen LogP contribution in [0.4, 0.5) is 0 Å². The largest absolute Gasteiger partial charge is 0.480 e. The molecule has 1 heterocycles. The van der Waals surface area contributed by atoms with Gasteiger partial charge in [0.1, 0.15) is 6.04 Å². The van der Waals surface area contributed by atoms with Gasteiger partial charge in [-0.3, -0.25) is 4.79 Å². The summed E-state index contributed by atoms with van der Waals surface area (Å²) in [7, 11) is 0. The molecule has 2 aromatic rings. The van der Waals surface area contributed by atoms with E-state index in [4.69, 9.17) is 16.3 Å². The molecule has 5 nitrogen and oxygen atoms in total. The van der Waals surface area contributed by atoms with Crippen molar-refractivity contribution in [3.05, 3.63) is 70.7 Å². The summed E-state index contributed by atoms with van der Waals surface area (Å²) < 4.78 is 5.45. The van der Waals surface area contributed by atoms with Crippen LogP contribution in [0, 0.1) is 0 Å². The lowest BCUT2D eigenvalue weighted by Gasteiger charge is -2.37. The Labute approximate surface area is 163 Å². The second-order valence-corrected chi connectivity index (χ2v) is 7.20. The maximum absolute atomic E-state index is 13.3. The van der Waals surface area contributed by atoms with Gasteiger partial charge >= 0.3 is 5.97 Å². The zero-order valence-corrected chi connectivity index (χ0v) is 15.6. The molecular formula is C21H22ClNO4. The fourth-order valence-corrected chi connectivity index (χ4v) is 3.69. The van der Waals surface area contributed by atoms with Gasteiger partial charge in [-0.05, 0) is 36.1 Å². The first-order chi connectivity index (χ1) is 13.0. The number of benzene rings is 2. The summed E-state index contributed by atoms with van der Waals surface area (Å²) in [5, 5.41) is 12.9. The van der Waals surface area contributed by atoms with Crippen LogP contribution in [0.25, 0.3) is 0 Å². The van der Waals surface area contributed by atoms with Crippen LogP contribution in [0.3, 0.4) is 0 Å². The third-order valence-corrected chi connectivity index (χ3v) is 5.28. The topological polar surface area (TPSA) is 75.6 Å². The lowest BCUT2D eigenvalue weighted by Crippen LogP contribution is -2.53. The minimum atomic E-state index is -1.06. The van der Waals surface area contributed by atoms with Gasteiger partial charge in [-0.1, -0.05) is 54.1 Å². The molecule has 0 bridgehead atoms. The SMILES string of the molecule is O=C(O)C(Cc1ccccc1)NC(=O)C1(c2cccc(Cl)c2)CCOCC1. The number of halogens is 1. The molecule has 1 fully saturated rings. The highest BCUT2D eigenvalue weighted by Gasteiger charge is 2.43. The molecule has 1 saturated heterocycles. The van der Waals surface area contributed by atoms with Gasteiger partial charge in [0.15, 0.2) is 0 Å². The number of nitrogens with one attached hydrogen (secondary N) is 1. The Morgan fingerprint density at radius 1 is 1.11 bits per heavy atom. The van der Waals surface area contributed by atoms with Gasteiger partial charge in [-0.2, -0.15) is 0 Å². The number of carbonyl (C=O) groups excluding carboxylic acids is 1. The van der Waals surface area contributed by atoms with Crippen LogP contribution in [0.15, 0.2) is 54.6 Å². The molecule has 1 amide bonds. The highest BCUT2D eigenvalue weighted by atomic mass is 35.5. The number of carboxylic acid groups (broad SMARTS) is 1. The maximum Gasteiger partial charge on any atom is 0.326 e. The van der Waals surface area contributed by atoms with E-state index in [0.29, 0.717) is 31.1 Å². The lowest BCUT2D eigenvalue weighted by atomic mass is 9.73. The monoisotopic (exact) mass is 387 g/mol. The van der Waals surface area contributed by atoms with Crippen molar-refractivity contribution in [1.82, 2.24) is 5.32 Å². The molecule has 0 aromatic heterocycles. The van der Waals surface area contributed by atoms with Crippen LogP contribution in [0.2, 0.25) is 5.02 Å². The van der Waals surface area contributed by atoms with Crippen LogP contribution in [-0.2, 0) is 26.2 Å². The second-order valence-electron chi connectivity index (χ2n) is 6.76. The Hall–Kier alpha value is -2.37. The van der Waals surface area contributed by atoms with Crippen molar-refractivity contribution >= 4 is 23.5 Å². The van der Waals surface area contributed by atoms with E-state index in [2.05, 4.69) is 5.32 Å². The predicted octanol–water partition coefficient (Wildman–Crippen LogP) is 3.20. The van der Waals surface area contributed by atoms with E-state index in [1.807, 2.05) is 36.4 Å². The number of hydrogen-bond acceptors (Lipinski definition) is 3. The van der Waals surface area contributed by atoms with Gasteiger partial charge in [0.05, 0.1) is 5.41 Å². The molecule has 0 saturated carbocycles. The molecule has 0 radical (unpaired) electrons. The average molecular weight is 388 g/mol. The maximum atomic E-state index is 13.3. The molecule has 0 spiro atoms. The minimum absolute atomic E-state index is 0.226. The standard InChI is InChI=1S/C21H22ClNO4/c22-17-8-4-7-16(14-17)21(9-11-27-12-10-21)20(26)23-18(19(24)25)13-15-5-2-1-3-6-15/h1-8,14,18H,9-13H2,(H,23,26)(H,24,25). The average Bonchev–Trinajstić information content (AvgIpc) is 2.68. The first kappa shape index (κ1) is 19.4. The molecule has 2 N–H and O–H groups in total. The quantitative estimate of drug-likeness (QED) is 0.798. The summed E-state index contributed by atoms with van der Waals surface area (Å²) in [6, 6.07) is 15.5. The van der Waals surface area contributed by atoms with Crippen LogP contribution in [0.1, 0.15) is 24.0 Å². The number of carboxylic acids is 1. The Morgan fingerprint density at radius 3 is 2.44 bits per heavy atom. The number of aliphatic carboxylic acids is 1. The van der Waals surface area contributed by atoms with Gasteiger partial charge in [0.25, 0.3) is 0 Å². The number of carbonyl (C=O) groups is 2. The van der Waals surface area contributed by atoms with E-state index in [1.165, 1.54) is 0 Å². The van der Waals surface area contributed by atoms with Crippen LogP contribution in [-0.4, -0.2) is 36.2 Å². The minimum Gasteiger partial charge on any atom is -0.480 e. The first-order valence-corrected chi connectivity index (χ1v) is 9.30. The van der Waals surface area contributed by atoms with Crippen molar-refractivity contribution in [1.29, 1.82) is 0 Å². The lowest BCUT2D eigenvalue weighted by molar-refractivity contribution is -0.143. The first-order valence-electron chi connectivity index (χ1n) is 8.93. The molecular weight excluding hydrogens is 366 g/mol. The smallest absolute Gasteiger partial charge is 0.326 e. The molecule has 142 valence electrons. The molecule has 27 heavy (non-hydrogen) atoms. The summed E-state index contributed by atoms with van der Waals surface area (Å²) in [4.78, 5) is 25.0. The predicted molar refractivity (Wildman–Crippen MR) is 103 cm³/mol. The zero-order chi connectivity index (χ0) is 19.3. The van der Waals surface area contributed by atoms with E-state index in [1.54, 1.807) is 18.2 Å². The zero-order valence-electron chi connectivity index (χ0n) is 14.9. The molecule has 2 aromatic carbocycles. The van der Waals surface area contributed by atoms with Crippen LogP contribution in [0.5, 0.6) is 0 Å². The Balaban J connectivity index is 1.86. The van der Waals surface area contributed by atoms with Crippen LogP contribution >= 0.6 is 11.6 Å². The molecule has 0 aliphatic carbocycles. The fraction of sp³-hybridized carbons (Fsp3) is 0.333. The molecule has 1 atom stereocenters. The second kappa shape index (κ2) is 8.55. The molecule has 6 heteroatoms. The number of amides is 1. The van der Waals surface area contributed by atoms with Gasteiger partial charge in [-0.15, -0.1) is 0 Å². The molecule has 3 rings (SSSR count). The van der Waals surface area contributed by atoms with E-state index >= 15 is 0 Å². The Kier molecular flexibility index (Phi) is 6.14. The van der Waals surface area contributed by atoms with Gasteiger partial charge < -0.3 is 15.2 Å². The summed E-state index contributed by atoms with van der Waals surface area (Å²) in [5.41, 5.74) is 0.807. The number of rotatable bonds is 6. The van der Waals surface area contributed by atoms with Crippen molar-refractivity contribution in [2.75, 3.05) is 13.2 Å². The number of hydrogen-bond donors (Lipinski definition) is 2. The Bertz CT molecular complexity index is 803. The summed E-state index contributed by atoms with van der Waals surface area (Å²) in [6.07, 6.45) is 1.19. The van der Waals surface area contributed by atoms with Crippen molar-refractivity contribution < 1.29 is 19.4 Å². The molecule has 1 unspecified atom stereocenters. The highest BCUT2D eigenvalue weighted by Crippen LogP contribution is 2.36. The van der Waals surface area contributed by atoms with Crippen molar-refractivity contribution in [3.8, 4) is 0 Å². The van der Waals surface area contributed by atoms with Crippen molar-refractivity contribution in [2.24, 2.45) is 0 Å². The molecule has 1 aliphatic rings.